The first-order chi connectivity index (χ1) is 7.41. The predicted octanol–water partition coefficient (Wildman–Crippen LogP) is 0.643. The first-order valence-electron chi connectivity index (χ1n) is 5.11. The van der Waals surface area contributed by atoms with Crippen molar-refractivity contribution in [3.63, 3.8) is 0 Å². The van der Waals surface area contributed by atoms with Gasteiger partial charge in [0.1, 0.15) is 13.2 Å². The summed E-state index contributed by atoms with van der Waals surface area (Å²) >= 11 is 0. The van der Waals surface area contributed by atoms with Crippen molar-refractivity contribution in [2.45, 2.75) is 32.7 Å². The fraction of sp³-hybridized carbons (Fsp3) is 0.800. The van der Waals surface area contributed by atoms with Crippen LogP contribution in [-0.4, -0.2) is 37.0 Å². The van der Waals surface area contributed by atoms with E-state index in [0.717, 1.165) is 0 Å². The molecule has 0 rings (SSSR count). The molecule has 0 aromatic heterocycles. The van der Waals surface area contributed by atoms with Crippen molar-refractivity contribution in [2.75, 3.05) is 19.8 Å². The number of nitroso groups, excluding NO2 is 1. The molecule has 0 unspecified atom stereocenters. The molecule has 16 heavy (non-hydrogen) atoms. The van der Waals surface area contributed by atoms with E-state index in [1.807, 2.05) is 0 Å². The van der Waals surface area contributed by atoms with Crippen LogP contribution in [0.4, 0.5) is 0 Å². The molecule has 0 saturated heterocycles. The van der Waals surface area contributed by atoms with E-state index in [9.17, 15) is 14.5 Å². The lowest BCUT2D eigenvalue weighted by Crippen LogP contribution is -2.46. The van der Waals surface area contributed by atoms with Gasteiger partial charge in [-0.3, -0.25) is 9.59 Å². The standard InChI is InChI=1S/C10H18N2O4/c1-4-16-6-8(13)5-9(14)12-10(2,3)7-11-15/h4-7H2,1-3H3,(H,12,14). The van der Waals surface area contributed by atoms with E-state index < -0.39 is 11.4 Å². The summed E-state index contributed by atoms with van der Waals surface area (Å²) in [7, 11) is 0. The molecular formula is C10H18N2O4. The average molecular weight is 230 g/mol. The first-order valence-corrected chi connectivity index (χ1v) is 5.11. The topological polar surface area (TPSA) is 84.8 Å². The molecule has 0 fully saturated rings. The Morgan fingerprint density at radius 1 is 1.38 bits per heavy atom. The van der Waals surface area contributed by atoms with Gasteiger partial charge in [-0.05, 0) is 20.8 Å². The maximum Gasteiger partial charge on any atom is 0.228 e. The number of ether oxygens (including phenoxy) is 1. The van der Waals surface area contributed by atoms with Crippen LogP contribution >= 0.6 is 0 Å². The number of hydrogen-bond acceptors (Lipinski definition) is 5. The van der Waals surface area contributed by atoms with Gasteiger partial charge in [0.2, 0.25) is 5.91 Å². The molecule has 0 aromatic carbocycles. The SMILES string of the molecule is CCOCC(=O)CC(=O)NC(C)(C)CN=O. The van der Waals surface area contributed by atoms with Gasteiger partial charge in [0, 0.05) is 6.61 Å². The Morgan fingerprint density at radius 3 is 2.50 bits per heavy atom. The number of Topliss-reactive ketones (excluding diaryl/α,β-unsaturated/α-hetero) is 1. The molecular weight excluding hydrogens is 212 g/mol. The molecule has 0 aliphatic rings. The van der Waals surface area contributed by atoms with Crippen LogP contribution in [-0.2, 0) is 14.3 Å². The summed E-state index contributed by atoms with van der Waals surface area (Å²) < 4.78 is 4.88. The minimum atomic E-state index is -0.718. The molecule has 6 heteroatoms. The fourth-order valence-electron chi connectivity index (χ4n) is 1.07. The number of rotatable bonds is 8. The van der Waals surface area contributed by atoms with Gasteiger partial charge >= 0.3 is 0 Å². The highest BCUT2D eigenvalue weighted by Crippen LogP contribution is 2.02. The Kier molecular flexibility index (Phi) is 6.48. The normalized spacial score (nSPS) is 10.9. The maximum atomic E-state index is 11.4. The van der Waals surface area contributed by atoms with E-state index in [2.05, 4.69) is 10.5 Å². The van der Waals surface area contributed by atoms with Crippen molar-refractivity contribution < 1.29 is 14.3 Å². The highest BCUT2D eigenvalue weighted by molar-refractivity contribution is 5.98. The zero-order valence-electron chi connectivity index (χ0n) is 9.91. The smallest absolute Gasteiger partial charge is 0.228 e. The Hall–Kier alpha value is -1.30. The van der Waals surface area contributed by atoms with Crippen molar-refractivity contribution in [2.24, 2.45) is 5.18 Å². The van der Waals surface area contributed by atoms with Crippen LogP contribution in [0.3, 0.4) is 0 Å². The monoisotopic (exact) mass is 230 g/mol. The molecule has 1 N–H and O–H groups in total. The zero-order valence-corrected chi connectivity index (χ0v) is 9.91. The van der Waals surface area contributed by atoms with Gasteiger partial charge in [-0.15, -0.1) is 0 Å². The Bertz CT molecular complexity index is 264. The summed E-state index contributed by atoms with van der Waals surface area (Å²) in [5, 5.41) is 5.27. The average Bonchev–Trinajstić information content (AvgIpc) is 2.13. The van der Waals surface area contributed by atoms with Gasteiger partial charge in [-0.1, -0.05) is 5.18 Å². The first kappa shape index (κ1) is 14.7. The van der Waals surface area contributed by atoms with Crippen LogP contribution in [0.15, 0.2) is 5.18 Å². The highest BCUT2D eigenvalue weighted by atomic mass is 16.5. The van der Waals surface area contributed by atoms with Crippen LogP contribution in [0, 0.1) is 4.91 Å². The van der Waals surface area contributed by atoms with Gasteiger partial charge < -0.3 is 10.1 Å². The van der Waals surface area contributed by atoms with E-state index in [4.69, 9.17) is 4.74 Å². The number of ketones is 1. The molecule has 92 valence electrons. The molecule has 0 aromatic rings. The highest BCUT2D eigenvalue weighted by Gasteiger charge is 2.21. The predicted molar refractivity (Wildman–Crippen MR) is 59.0 cm³/mol. The fourth-order valence-corrected chi connectivity index (χ4v) is 1.07. The van der Waals surface area contributed by atoms with Gasteiger partial charge in [0.05, 0.1) is 12.0 Å². The minimum Gasteiger partial charge on any atom is -0.374 e. The minimum absolute atomic E-state index is 0.0294. The third-order valence-electron chi connectivity index (χ3n) is 1.76. The van der Waals surface area contributed by atoms with Gasteiger partial charge in [0.15, 0.2) is 5.78 Å². The largest absolute Gasteiger partial charge is 0.374 e. The summed E-state index contributed by atoms with van der Waals surface area (Å²) in [5.41, 5.74) is -0.718. The van der Waals surface area contributed by atoms with Crippen molar-refractivity contribution in [1.82, 2.24) is 5.32 Å². The molecule has 0 radical (unpaired) electrons. The molecule has 0 heterocycles. The molecule has 0 saturated carbocycles. The van der Waals surface area contributed by atoms with E-state index in [1.54, 1.807) is 20.8 Å². The summed E-state index contributed by atoms with van der Waals surface area (Å²) in [5.74, 6) is -0.701. The van der Waals surface area contributed by atoms with Crippen LogP contribution < -0.4 is 5.32 Å². The maximum absolute atomic E-state index is 11.4. The zero-order chi connectivity index (χ0) is 12.6. The summed E-state index contributed by atoms with van der Waals surface area (Å²) in [6.45, 7) is 5.45. The summed E-state index contributed by atoms with van der Waals surface area (Å²) in [4.78, 5) is 32.6. The number of amides is 1. The van der Waals surface area contributed by atoms with Crippen molar-refractivity contribution in [1.29, 1.82) is 0 Å². The number of carbonyl (C=O) groups is 2. The Morgan fingerprint density at radius 2 is 2.00 bits per heavy atom. The quantitative estimate of drug-likeness (QED) is 0.490. The molecule has 0 aliphatic carbocycles. The molecule has 0 aliphatic heterocycles. The van der Waals surface area contributed by atoms with Crippen LogP contribution in [0.5, 0.6) is 0 Å². The lowest BCUT2D eigenvalue weighted by atomic mass is 10.1. The van der Waals surface area contributed by atoms with E-state index in [-0.39, 0.29) is 25.4 Å². The van der Waals surface area contributed by atoms with Crippen molar-refractivity contribution in [3.05, 3.63) is 4.91 Å². The second kappa shape index (κ2) is 7.05. The third kappa shape index (κ3) is 7.05. The van der Waals surface area contributed by atoms with Crippen LogP contribution in [0.1, 0.15) is 27.2 Å². The molecule has 6 nitrogen and oxygen atoms in total. The summed E-state index contributed by atoms with van der Waals surface area (Å²) in [6.07, 6.45) is -0.234. The second-order valence-electron chi connectivity index (χ2n) is 4.07. The Balaban J connectivity index is 3.98. The Labute approximate surface area is 94.7 Å². The van der Waals surface area contributed by atoms with Gasteiger partial charge in [-0.2, -0.15) is 4.91 Å². The van der Waals surface area contributed by atoms with E-state index in [1.165, 1.54) is 0 Å². The van der Waals surface area contributed by atoms with Gasteiger partial charge in [0.25, 0.3) is 0 Å². The molecule has 1 amide bonds. The summed E-state index contributed by atoms with van der Waals surface area (Å²) in [6, 6.07) is 0. The number of nitrogens with one attached hydrogen (secondary N) is 1. The van der Waals surface area contributed by atoms with Gasteiger partial charge in [-0.25, -0.2) is 0 Å². The lowest BCUT2D eigenvalue weighted by molar-refractivity contribution is -0.131. The number of carbonyl (C=O) groups excluding carboxylic acids is 2. The molecule has 0 spiro atoms. The van der Waals surface area contributed by atoms with Crippen LogP contribution in [0.25, 0.3) is 0 Å². The third-order valence-corrected chi connectivity index (χ3v) is 1.76. The van der Waals surface area contributed by atoms with E-state index >= 15 is 0 Å². The lowest BCUT2D eigenvalue weighted by Gasteiger charge is -2.22. The van der Waals surface area contributed by atoms with Crippen LogP contribution in [0.2, 0.25) is 0 Å². The second-order valence-corrected chi connectivity index (χ2v) is 4.07. The molecule has 0 bridgehead atoms. The van der Waals surface area contributed by atoms with Crippen molar-refractivity contribution in [3.8, 4) is 0 Å². The van der Waals surface area contributed by atoms with E-state index in [0.29, 0.717) is 6.61 Å². The molecule has 0 atom stereocenters. The number of nitrogens with zero attached hydrogens (tertiary/aromatic N) is 1. The van der Waals surface area contributed by atoms with Crippen molar-refractivity contribution >= 4 is 11.7 Å². The number of hydrogen-bond donors (Lipinski definition) is 1.